The van der Waals surface area contributed by atoms with E-state index in [2.05, 4.69) is 0 Å². The van der Waals surface area contributed by atoms with Crippen LogP contribution in [0.15, 0.2) is 0 Å². The van der Waals surface area contributed by atoms with Gasteiger partial charge in [0.1, 0.15) is 11.2 Å². The molecule has 1 rings (SSSR count). The van der Waals surface area contributed by atoms with Crippen LogP contribution in [-0.2, 0) is 14.3 Å². The first kappa shape index (κ1) is 21.2. The molecule has 1 heterocycles. The second kappa shape index (κ2) is 7.59. The zero-order valence-electron chi connectivity index (χ0n) is 16.2. The molecule has 8 nitrogen and oxygen atoms in total. The zero-order valence-corrected chi connectivity index (χ0v) is 16.2. The first-order chi connectivity index (χ1) is 11.2. The maximum Gasteiger partial charge on any atom is 0.417 e. The Morgan fingerprint density at radius 3 is 2.20 bits per heavy atom. The molecule has 0 bridgehead atoms. The van der Waals surface area contributed by atoms with Gasteiger partial charge in [-0.25, -0.2) is 14.5 Å². The average molecular weight is 358 g/mol. The molecule has 1 aliphatic rings. The molecule has 1 N–H and O–H groups in total. The Hall–Kier alpha value is -1.83. The van der Waals surface area contributed by atoms with E-state index in [9.17, 15) is 19.5 Å². The van der Waals surface area contributed by atoms with Gasteiger partial charge in [-0.3, -0.25) is 4.79 Å². The van der Waals surface area contributed by atoms with Gasteiger partial charge in [-0.05, 0) is 48.0 Å². The Morgan fingerprint density at radius 2 is 1.72 bits per heavy atom. The summed E-state index contributed by atoms with van der Waals surface area (Å²) in [5.74, 6) is -1.24. The van der Waals surface area contributed by atoms with Crippen LogP contribution in [0, 0.1) is 5.92 Å². The van der Waals surface area contributed by atoms with Crippen molar-refractivity contribution < 1.29 is 29.0 Å². The van der Waals surface area contributed by atoms with Crippen LogP contribution in [0.3, 0.4) is 0 Å². The summed E-state index contributed by atoms with van der Waals surface area (Å²) in [5.41, 5.74) is -1.35. The van der Waals surface area contributed by atoms with Crippen molar-refractivity contribution in [1.29, 1.82) is 0 Å². The van der Waals surface area contributed by atoms with E-state index in [-0.39, 0.29) is 13.1 Å². The van der Waals surface area contributed by atoms with Crippen molar-refractivity contribution in [1.82, 2.24) is 9.80 Å². The molecule has 0 radical (unpaired) electrons. The molecule has 1 saturated heterocycles. The van der Waals surface area contributed by atoms with Gasteiger partial charge < -0.3 is 19.5 Å². The van der Waals surface area contributed by atoms with Gasteiger partial charge in [0.2, 0.25) is 5.91 Å². The number of aliphatic hydroxyl groups excluding tert-OH is 1. The molecule has 3 amide bonds. The summed E-state index contributed by atoms with van der Waals surface area (Å²) in [4.78, 5) is 38.6. The molecule has 8 heteroatoms. The highest BCUT2D eigenvalue weighted by Gasteiger charge is 2.42. The van der Waals surface area contributed by atoms with Crippen LogP contribution < -0.4 is 0 Å². The van der Waals surface area contributed by atoms with Gasteiger partial charge in [0.05, 0.1) is 18.6 Å². The topological polar surface area (TPSA) is 96.4 Å². The van der Waals surface area contributed by atoms with E-state index in [1.54, 1.807) is 41.5 Å². The van der Waals surface area contributed by atoms with E-state index < -0.39 is 41.3 Å². The highest BCUT2D eigenvalue weighted by atomic mass is 16.6. The minimum Gasteiger partial charge on any atom is -0.444 e. The number of carbonyl (C=O) groups is 3. The van der Waals surface area contributed by atoms with Crippen molar-refractivity contribution in [2.24, 2.45) is 5.92 Å². The maximum atomic E-state index is 12.4. The molecule has 2 atom stereocenters. The molecule has 144 valence electrons. The van der Waals surface area contributed by atoms with Crippen LogP contribution >= 0.6 is 0 Å². The van der Waals surface area contributed by atoms with Crippen molar-refractivity contribution in [2.45, 2.75) is 65.3 Å². The molecule has 0 aromatic carbocycles. The van der Waals surface area contributed by atoms with Crippen molar-refractivity contribution in [2.75, 3.05) is 20.1 Å². The Bertz CT molecular complexity index is 520. The van der Waals surface area contributed by atoms with Crippen LogP contribution in [-0.4, -0.2) is 70.4 Å². The fourth-order valence-corrected chi connectivity index (χ4v) is 2.38. The quantitative estimate of drug-likeness (QED) is 0.829. The number of rotatable bonds is 3. The van der Waals surface area contributed by atoms with Crippen LogP contribution in [0.1, 0.15) is 48.0 Å². The average Bonchev–Trinajstić information content (AvgIpc) is 2.76. The third-order valence-electron chi connectivity index (χ3n) is 3.49. The van der Waals surface area contributed by atoms with Gasteiger partial charge in [-0.1, -0.05) is 0 Å². The van der Waals surface area contributed by atoms with Gasteiger partial charge in [-0.2, -0.15) is 0 Å². The van der Waals surface area contributed by atoms with Crippen LogP contribution in [0.2, 0.25) is 0 Å². The van der Waals surface area contributed by atoms with E-state index in [4.69, 9.17) is 9.47 Å². The molecular formula is C17H30N2O6. The highest BCUT2D eigenvalue weighted by Crippen LogP contribution is 2.24. The number of ether oxygens (including phenoxy) is 2. The van der Waals surface area contributed by atoms with Crippen LogP contribution in [0.25, 0.3) is 0 Å². The molecular weight excluding hydrogens is 328 g/mol. The summed E-state index contributed by atoms with van der Waals surface area (Å²) >= 11 is 0. The smallest absolute Gasteiger partial charge is 0.417 e. The normalized spacial score (nSPS) is 19.6. The molecule has 0 saturated carbocycles. The van der Waals surface area contributed by atoms with E-state index in [1.165, 1.54) is 11.9 Å². The highest BCUT2D eigenvalue weighted by molar-refractivity contribution is 5.95. The summed E-state index contributed by atoms with van der Waals surface area (Å²) in [7, 11) is 1.49. The van der Waals surface area contributed by atoms with E-state index >= 15 is 0 Å². The fourth-order valence-electron chi connectivity index (χ4n) is 2.38. The van der Waals surface area contributed by atoms with E-state index in [1.807, 2.05) is 0 Å². The lowest BCUT2D eigenvalue weighted by molar-refractivity contribution is -0.133. The number of hydrogen-bond donors (Lipinski definition) is 1. The lowest BCUT2D eigenvalue weighted by atomic mass is 10.0. The molecule has 2 unspecified atom stereocenters. The molecule has 0 spiro atoms. The van der Waals surface area contributed by atoms with Gasteiger partial charge >= 0.3 is 12.2 Å². The summed E-state index contributed by atoms with van der Waals surface area (Å²) in [6.07, 6.45) is -2.06. The third kappa shape index (κ3) is 6.53. The second-order valence-corrected chi connectivity index (χ2v) is 8.29. The Morgan fingerprint density at radius 1 is 1.20 bits per heavy atom. The number of carbonyl (C=O) groups excluding carboxylic acids is 3. The number of hydrogen-bond acceptors (Lipinski definition) is 6. The van der Waals surface area contributed by atoms with E-state index in [0.29, 0.717) is 6.42 Å². The summed E-state index contributed by atoms with van der Waals surface area (Å²) < 4.78 is 10.4. The Labute approximate surface area is 149 Å². The molecule has 1 fully saturated rings. The summed E-state index contributed by atoms with van der Waals surface area (Å²) in [5, 5.41) is 10.3. The second-order valence-electron chi connectivity index (χ2n) is 8.29. The SMILES string of the molecule is CN(CC(O)C1CCN(C(=O)OC(C)(C)C)C1=O)C(=O)OC(C)(C)C. The largest absolute Gasteiger partial charge is 0.444 e. The Balaban J connectivity index is 2.63. The number of nitrogens with zero attached hydrogens (tertiary/aromatic N) is 2. The third-order valence-corrected chi connectivity index (χ3v) is 3.49. The van der Waals surface area contributed by atoms with Crippen molar-refractivity contribution in [3.63, 3.8) is 0 Å². The maximum absolute atomic E-state index is 12.4. The lowest BCUT2D eigenvalue weighted by Crippen LogP contribution is -2.44. The number of imide groups is 1. The van der Waals surface area contributed by atoms with Crippen LogP contribution in [0.5, 0.6) is 0 Å². The van der Waals surface area contributed by atoms with Crippen molar-refractivity contribution in [3.8, 4) is 0 Å². The molecule has 25 heavy (non-hydrogen) atoms. The first-order valence-electron chi connectivity index (χ1n) is 8.38. The van der Waals surface area contributed by atoms with Crippen LogP contribution in [0.4, 0.5) is 9.59 Å². The first-order valence-corrected chi connectivity index (χ1v) is 8.38. The Kier molecular flexibility index (Phi) is 6.44. The number of likely N-dealkylation sites (N-methyl/N-ethyl adjacent to an activating group) is 1. The fraction of sp³-hybridized carbons (Fsp3) is 0.824. The summed E-state index contributed by atoms with van der Waals surface area (Å²) in [6.45, 7) is 10.5. The van der Waals surface area contributed by atoms with E-state index in [0.717, 1.165) is 4.90 Å². The molecule has 0 aromatic rings. The zero-order chi connectivity index (χ0) is 19.6. The van der Waals surface area contributed by atoms with Gasteiger partial charge in [0.15, 0.2) is 0 Å². The standard InChI is InChI=1S/C17H30N2O6/c1-16(2,3)24-14(22)18(7)10-12(20)11-8-9-19(13(11)21)15(23)25-17(4,5)6/h11-12,20H,8-10H2,1-7H3. The van der Waals surface area contributed by atoms with Gasteiger partial charge in [-0.15, -0.1) is 0 Å². The number of aliphatic hydroxyl groups is 1. The number of likely N-dealkylation sites (tertiary alicyclic amines) is 1. The van der Waals surface area contributed by atoms with Crippen molar-refractivity contribution in [3.05, 3.63) is 0 Å². The lowest BCUT2D eigenvalue weighted by Gasteiger charge is -2.27. The summed E-state index contributed by atoms with van der Waals surface area (Å²) in [6, 6.07) is 0. The number of amides is 3. The predicted molar refractivity (Wildman–Crippen MR) is 90.9 cm³/mol. The molecule has 0 aromatic heterocycles. The van der Waals surface area contributed by atoms with Crippen molar-refractivity contribution >= 4 is 18.1 Å². The monoisotopic (exact) mass is 358 g/mol. The van der Waals surface area contributed by atoms with Gasteiger partial charge in [0.25, 0.3) is 0 Å². The predicted octanol–water partition coefficient (Wildman–Crippen LogP) is 2.00. The minimum absolute atomic E-state index is 0.0620. The molecule has 0 aliphatic carbocycles. The van der Waals surface area contributed by atoms with Gasteiger partial charge in [0, 0.05) is 13.6 Å². The minimum atomic E-state index is -1.09. The molecule has 1 aliphatic heterocycles.